The Morgan fingerprint density at radius 3 is 2.63 bits per heavy atom. The number of pyridine rings is 2. The molecule has 1 N–H and O–H groups in total. The summed E-state index contributed by atoms with van der Waals surface area (Å²) in [6.45, 7) is 5.10. The van der Waals surface area contributed by atoms with Crippen LogP contribution in [0.2, 0.25) is 0 Å². The highest BCUT2D eigenvalue weighted by molar-refractivity contribution is 5.74. The van der Waals surface area contributed by atoms with E-state index in [0.29, 0.717) is 42.4 Å². The van der Waals surface area contributed by atoms with Gasteiger partial charge in [-0.1, -0.05) is 0 Å². The molecule has 10 nitrogen and oxygen atoms in total. The molecule has 1 saturated heterocycles. The van der Waals surface area contributed by atoms with Crippen LogP contribution in [0.15, 0.2) is 36.7 Å². The van der Waals surface area contributed by atoms with Gasteiger partial charge in [0.05, 0.1) is 29.8 Å². The fraction of sp³-hybridized carbons (Fsp3) is 0.370. The molecule has 0 unspecified atom stereocenters. The van der Waals surface area contributed by atoms with Gasteiger partial charge in [-0.25, -0.2) is 9.37 Å². The Hall–Kier alpha value is -4.48. The Morgan fingerprint density at radius 1 is 1.18 bits per heavy atom. The molecule has 194 valence electrons. The smallest absolute Gasteiger partial charge is 0.201 e. The number of halogens is 1. The van der Waals surface area contributed by atoms with Gasteiger partial charge in [0.2, 0.25) is 5.88 Å². The molecule has 0 saturated carbocycles. The minimum Gasteiger partial charge on any atom is -0.469 e. The van der Waals surface area contributed by atoms with Gasteiger partial charge in [0.15, 0.2) is 6.19 Å². The second kappa shape index (κ2) is 10.5. The number of hydrogen-bond donors (Lipinski definition) is 1. The quantitative estimate of drug-likeness (QED) is 0.370. The van der Waals surface area contributed by atoms with Crippen LogP contribution in [-0.2, 0) is 6.42 Å². The van der Waals surface area contributed by atoms with Crippen molar-refractivity contribution in [3.8, 4) is 29.3 Å². The Kier molecular flexibility index (Phi) is 6.95. The van der Waals surface area contributed by atoms with Gasteiger partial charge in [0.25, 0.3) is 0 Å². The van der Waals surface area contributed by atoms with E-state index in [0.717, 1.165) is 41.6 Å². The molecule has 1 aliphatic heterocycles. The van der Waals surface area contributed by atoms with E-state index in [1.807, 2.05) is 23.7 Å². The molecule has 1 aliphatic rings. The molecule has 0 bridgehead atoms. The second-order valence-electron chi connectivity index (χ2n) is 9.34. The van der Waals surface area contributed by atoms with Gasteiger partial charge in [-0.2, -0.15) is 15.6 Å². The van der Waals surface area contributed by atoms with Gasteiger partial charge >= 0.3 is 0 Å². The third-order valence-corrected chi connectivity index (χ3v) is 6.96. The second-order valence-corrected chi connectivity index (χ2v) is 9.34. The largest absolute Gasteiger partial charge is 0.469 e. The van der Waals surface area contributed by atoms with Crippen LogP contribution in [0.1, 0.15) is 54.7 Å². The summed E-state index contributed by atoms with van der Waals surface area (Å²) in [6, 6.07) is 8.89. The first-order chi connectivity index (χ1) is 18.4. The number of imidazole rings is 1. The minimum atomic E-state index is -0.533. The lowest BCUT2D eigenvalue weighted by atomic mass is 10.0. The number of aliphatic hydroxyl groups is 1. The molecule has 5 heterocycles. The number of rotatable bonds is 7. The van der Waals surface area contributed by atoms with Crippen LogP contribution >= 0.6 is 0 Å². The van der Waals surface area contributed by atoms with Gasteiger partial charge in [-0.3, -0.25) is 14.1 Å². The van der Waals surface area contributed by atoms with E-state index < -0.39 is 11.9 Å². The van der Waals surface area contributed by atoms with Crippen LogP contribution in [0, 0.1) is 35.5 Å². The van der Waals surface area contributed by atoms with E-state index in [1.54, 1.807) is 22.3 Å². The number of aromatic nitrogens is 5. The molecule has 5 rings (SSSR count). The zero-order valence-electron chi connectivity index (χ0n) is 21.2. The third-order valence-electron chi connectivity index (χ3n) is 6.96. The fourth-order valence-corrected chi connectivity index (χ4v) is 5.06. The maximum atomic E-state index is 13.4. The minimum absolute atomic E-state index is 0.0584. The lowest BCUT2D eigenvalue weighted by Gasteiger charge is -2.29. The normalized spacial score (nSPS) is 14.8. The molecule has 11 heteroatoms. The zero-order chi connectivity index (χ0) is 26.8. The first kappa shape index (κ1) is 25.2. The summed E-state index contributed by atoms with van der Waals surface area (Å²) in [5, 5.41) is 33.6. The third kappa shape index (κ3) is 4.64. The van der Waals surface area contributed by atoms with Crippen molar-refractivity contribution in [2.45, 2.75) is 45.3 Å². The lowest BCUT2D eigenvalue weighted by molar-refractivity contribution is 0.209. The Morgan fingerprint density at radius 2 is 1.97 bits per heavy atom. The molecule has 0 spiro atoms. The van der Waals surface area contributed by atoms with E-state index in [-0.39, 0.29) is 12.6 Å². The molecule has 0 aromatic carbocycles. The van der Waals surface area contributed by atoms with Crippen molar-refractivity contribution < 1.29 is 14.2 Å². The van der Waals surface area contributed by atoms with Crippen molar-refractivity contribution in [1.82, 2.24) is 29.0 Å². The van der Waals surface area contributed by atoms with Gasteiger partial charge < -0.3 is 14.7 Å². The van der Waals surface area contributed by atoms with Gasteiger partial charge in [0.1, 0.15) is 29.3 Å². The fourth-order valence-electron chi connectivity index (χ4n) is 5.06. The number of aliphatic hydroxyl groups excluding tert-OH is 1. The number of nitrogens with zero attached hydrogens (tertiary/aromatic N) is 8. The first-order valence-electron chi connectivity index (χ1n) is 12.5. The van der Waals surface area contributed by atoms with Crippen LogP contribution in [0.3, 0.4) is 0 Å². The standard InChI is InChI=1S/C27H27FN8O2/c1-17-27(24(7-10-37)33-36(17)21-5-8-34(16-30)9-6-21)19-11-25-32-15-22(13-29)35(25)26(12-19)38-18(2)23-4-3-20(28)14-31-23/h3-4,11-12,14-15,18,21,37H,5-10H2,1-2H3/t18-/m1/s1. The Bertz CT molecular complexity index is 1540. The Balaban J connectivity index is 1.59. The molecular weight excluding hydrogens is 487 g/mol. The number of nitriles is 2. The molecule has 0 radical (unpaired) electrons. The highest BCUT2D eigenvalue weighted by Gasteiger charge is 2.26. The summed E-state index contributed by atoms with van der Waals surface area (Å²) in [5.74, 6) is -0.0523. The summed E-state index contributed by atoms with van der Waals surface area (Å²) in [7, 11) is 0. The number of hydrogen-bond acceptors (Lipinski definition) is 8. The monoisotopic (exact) mass is 514 g/mol. The number of ether oxygens (including phenoxy) is 1. The van der Waals surface area contributed by atoms with Crippen LogP contribution in [0.4, 0.5) is 4.39 Å². The van der Waals surface area contributed by atoms with Gasteiger partial charge in [0, 0.05) is 43.4 Å². The molecule has 0 amide bonds. The molecular formula is C27H27FN8O2. The summed E-state index contributed by atoms with van der Waals surface area (Å²) in [6.07, 6.45) is 6.28. The van der Waals surface area contributed by atoms with Crippen molar-refractivity contribution >= 4 is 5.65 Å². The maximum Gasteiger partial charge on any atom is 0.201 e. The van der Waals surface area contributed by atoms with E-state index in [1.165, 1.54) is 12.3 Å². The van der Waals surface area contributed by atoms with Crippen molar-refractivity contribution in [3.05, 3.63) is 65.3 Å². The molecule has 0 aliphatic carbocycles. The highest BCUT2D eigenvalue weighted by Crippen LogP contribution is 2.36. The number of fused-ring (bicyclic) bond motifs is 1. The van der Waals surface area contributed by atoms with Crippen molar-refractivity contribution in [3.63, 3.8) is 0 Å². The summed E-state index contributed by atoms with van der Waals surface area (Å²) >= 11 is 0. The topological polar surface area (TPSA) is 128 Å². The van der Waals surface area contributed by atoms with Crippen molar-refractivity contribution in [2.75, 3.05) is 19.7 Å². The van der Waals surface area contributed by atoms with E-state index in [2.05, 4.69) is 22.2 Å². The van der Waals surface area contributed by atoms with Gasteiger partial charge in [-0.05, 0) is 50.5 Å². The van der Waals surface area contributed by atoms with Crippen molar-refractivity contribution in [2.24, 2.45) is 0 Å². The molecule has 4 aromatic rings. The molecule has 38 heavy (non-hydrogen) atoms. The predicted octanol–water partition coefficient (Wildman–Crippen LogP) is 3.70. The van der Waals surface area contributed by atoms with Crippen LogP contribution in [-0.4, -0.2) is 53.9 Å². The van der Waals surface area contributed by atoms with E-state index in [4.69, 9.17) is 9.84 Å². The van der Waals surface area contributed by atoms with E-state index >= 15 is 0 Å². The maximum absolute atomic E-state index is 13.4. The number of piperidine rings is 1. The molecule has 4 aromatic heterocycles. The van der Waals surface area contributed by atoms with Gasteiger partial charge in [-0.15, -0.1) is 0 Å². The molecule has 1 atom stereocenters. The van der Waals surface area contributed by atoms with Crippen LogP contribution in [0.5, 0.6) is 5.88 Å². The summed E-state index contributed by atoms with van der Waals surface area (Å²) in [5.41, 5.74) is 4.75. The average molecular weight is 515 g/mol. The molecule has 1 fully saturated rings. The lowest BCUT2D eigenvalue weighted by Crippen LogP contribution is -2.31. The predicted molar refractivity (Wildman–Crippen MR) is 135 cm³/mol. The number of likely N-dealkylation sites (tertiary alicyclic amines) is 1. The Labute approximate surface area is 219 Å². The SMILES string of the molecule is Cc1c(-c2cc(O[C@H](C)c3ccc(F)cn3)n3c(C#N)cnc3c2)c(CCO)nn1C1CCN(C#N)CC1. The average Bonchev–Trinajstić information content (AvgIpc) is 3.49. The van der Waals surface area contributed by atoms with Crippen molar-refractivity contribution in [1.29, 1.82) is 10.5 Å². The highest BCUT2D eigenvalue weighted by atomic mass is 19.1. The first-order valence-corrected chi connectivity index (χ1v) is 12.5. The zero-order valence-corrected chi connectivity index (χ0v) is 21.2. The van der Waals surface area contributed by atoms with Crippen LogP contribution in [0.25, 0.3) is 16.8 Å². The summed E-state index contributed by atoms with van der Waals surface area (Å²) < 4.78 is 23.3. The summed E-state index contributed by atoms with van der Waals surface area (Å²) in [4.78, 5) is 10.3. The van der Waals surface area contributed by atoms with Crippen LogP contribution < -0.4 is 4.74 Å². The van der Waals surface area contributed by atoms with E-state index in [9.17, 15) is 20.0 Å².